The number of carbonyl (C=O) groups excluding carboxylic acids is 1. The van der Waals surface area contributed by atoms with Gasteiger partial charge in [-0.25, -0.2) is 0 Å². The lowest BCUT2D eigenvalue weighted by Gasteiger charge is -2.43. The number of ether oxygens (including phenoxy) is 3. The molecule has 2 N–H and O–H groups in total. The van der Waals surface area contributed by atoms with E-state index in [0.29, 0.717) is 18.9 Å². The molecule has 10 heteroatoms. The summed E-state index contributed by atoms with van der Waals surface area (Å²) in [6, 6.07) is 14.9. The minimum absolute atomic E-state index is 0.00604. The van der Waals surface area contributed by atoms with E-state index in [1.54, 1.807) is 12.1 Å². The number of alkyl halides is 3. The highest BCUT2D eigenvalue weighted by Gasteiger charge is 2.39. The van der Waals surface area contributed by atoms with Crippen molar-refractivity contribution >= 4 is 46.4 Å². The normalized spacial score (nSPS) is 25.9. The molecule has 0 bridgehead atoms. The van der Waals surface area contributed by atoms with Crippen molar-refractivity contribution in [3.63, 3.8) is 0 Å². The zero-order valence-electron chi connectivity index (χ0n) is 19.3. The number of hydrogen-bond donors (Lipinski definition) is 2. The highest BCUT2D eigenvalue weighted by atomic mass is 35.6. The van der Waals surface area contributed by atoms with Gasteiger partial charge in [0.05, 0.1) is 32.0 Å². The molecule has 0 saturated carbocycles. The van der Waals surface area contributed by atoms with Gasteiger partial charge in [0.25, 0.3) is 9.70 Å². The molecule has 190 valence electrons. The number of amides is 1. The number of nitrogens with one attached hydrogen (secondary N) is 1. The topological polar surface area (TPSA) is 80.3 Å². The second kappa shape index (κ2) is 11.8. The SMILES string of the molecule is CC1C(CN2CCOCC2)OC(c2ccc(NC(=O)C(Cl)(Cl)Cl)cc2)OC1c1ccc(CO)cc1. The predicted octanol–water partition coefficient (Wildman–Crippen LogP) is 4.61. The molecule has 2 aromatic carbocycles. The van der Waals surface area contributed by atoms with E-state index >= 15 is 0 Å². The van der Waals surface area contributed by atoms with Crippen LogP contribution in [0.4, 0.5) is 5.69 Å². The number of anilines is 1. The molecular formula is C25H29Cl3N2O5. The Morgan fingerprint density at radius 1 is 1.03 bits per heavy atom. The Morgan fingerprint density at radius 2 is 1.66 bits per heavy atom. The van der Waals surface area contributed by atoms with Crippen molar-refractivity contribution < 1.29 is 24.1 Å². The maximum atomic E-state index is 11.9. The minimum atomic E-state index is -2.05. The molecule has 1 amide bonds. The van der Waals surface area contributed by atoms with Crippen LogP contribution in [-0.4, -0.2) is 58.7 Å². The average molecular weight is 544 g/mol. The summed E-state index contributed by atoms with van der Waals surface area (Å²) in [7, 11) is 0. The van der Waals surface area contributed by atoms with Crippen molar-refractivity contribution in [3.8, 4) is 0 Å². The fourth-order valence-corrected chi connectivity index (χ4v) is 4.43. The van der Waals surface area contributed by atoms with E-state index in [-0.39, 0.29) is 24.7 Å². The number of aliphatic hydroxyl groups is 1. The largest absolute Gasteiger partial charge is 0.392 e. The lowest BCUT2D eigenvalue weighted by atomic mass is 9.90. The summed E-state index contributed by atoms with van der Waals surface area (Å²) in [5.41, 5.74) is 3.19. The Hall–Kier alpha value is -1.42. The number of morpholine rings is 1. The third-order valence-electron chi connectivity index (χ3n) is 6.36. The summed E-state index contributed by atoms with van der Waals surface area (Å²) in [6.07, 6.45) is -0.868. The molecule has 2 aliphatic heterocycles. The van der Waals surface area contributed by atoms with Gasteiger partial charge in [0.1, 0.15) is 0 Å². The smallest absolute Gasteiger partial charge is 0.276 e. The van der Waals surface area contributed by atoms with Crippen LogP contribution in [0.15, 0.2) is 48.5 Å². The van der Waals surface area contributed by atoms with Crippen LogP contribution >= 0.6 is 34.8 Å². The van der Waals surface area contributed by atoms with Crippen LogP contribution in [0.3, 0.4) is 0 Å². The molecule has 0 aliphatic carbocycles. The van der Waals surface area contributed by atoms with Crippen molar-refractivity contribution in [2.24, 2.45) is 5.92 Å². The third kappa shape index (κ3) is 6.87. The summed E-state index contributed by atoms with van der Waals surface area (Å²) in [5, 5.41) is 12.0. The van der Waals surface area contributed by atoms with Crippen LogP contribution in [0, 0.1) is 5.92 Å². The molecular weight excluding hydrogens is 515 g/mol. The third-order valence-corrected chi connectivity index (χ3v) is 6.88. The van der Waals surface area contributed by atoms with Gasteiger partial charge in [-0.15, -0.1) is 0 Å². The molecule has 0 radical (unpaired) electrons. The second-order valence-corrected chi connectivity index (χ2v) is 11.1. The van der Waals surface area contributed by atoms with E-state index in [2.05, 4.69) is 17.1 Å². The number of benzene rings is 2. The first-order valence-corrected chi connectivity index (χ1v) is 12.7. The van der Waals surface area contributed by atoms with Crippen molar-refractivity contribution in [2.45, 2.75) is 35.8 Å². The number of aliphatic hydroxyl groups excluding tert-OH is 1. The highest BCUT2D eigenvalue weighted by Crippen LogP contribution is 2.42. The number of hydrogen-bond acceptors (Lipinski definition) is 6. The van der Waals surface area contributed by atoms with Crippen LogP contribution in [0.2, 0.25) is 0 Å². The first kappa shape index (κ1) is 26.6. The van der Waals surface area contributed by atoms with E-state index < -0.39 is 16.0 Å². The van der Waals surface area contributed by atoms with Crippen molar-refractivity contribution in [3.05, 3.63) is 65.2 Å². The molecule has 2 heterocycles. The summed E-state index contributed by atoms with van der Waals surface area (Å²) in [6.45, 7) is 6.07. The second-order valence-electron chi connectivity index (χ2n) is 8.81. The lowest BCUT2D eigenvalue weighted by molar-refractivity contribution is -0.277. The molecule has 4 rings (SSSR count). The molecule has 0 spiro atoms. The molecule has 2 fully saturated rings. The Labute approximate surface area is 220 Å². The van der Waals surface area contributed by atoms with Gasteiger partial charge < -0.3 is 24.6 Å². The molecule has 35 heavy (non-hydrogen) atoms. The van der Waals surface area contributed by atoms with Gasteiger partial charge in [0.2, 0.25) is 0 Å². The molecule has 7 nitrogen and oxygen atoms in total. The van der Waals surface area contributed by atoms with Crippen molar-refractivity contribution in [1.82, 2.24) is 4.90 Å². The van der Waals surface area contributed by atoms with Gasteiger partial charge >= 0.3 is 0 Å². The van der Waals surface area contributed by atoms with E-state index in [1.807, 2.05) is 36.4 Å². The van der Waals surface area contributed by atoms with Gasteiger partial charge in [-0.2, -0.15) is 0 Å². The Kier molecular flexibility index (Phi) is 8.94. The first-order chi connectivity index (χ1) is 16.7. The maximum absolute atomic E-state index is 11.9. The van der Waals surface area contributed by atoms with Crippen molar-refractivity contribution in [1.29, 1.82) is 0 Å². The number of carbonyl (C=O) groups is 1. The van der Waals surface area contributed by atoms with E-state index in [0.717, 1.165) is 36.3 Å². The molecule has 4 atom stereocenters. The van der Waals surface area contributed by atoms with E-state index in [4.69, 9.17) is 49.0 Å². The van der Waals surface area contributed by atoms with Gasteiger partial charge in [-0.3, -0.25) is 9.69 Å². The molecule has 2 saturated heterocycles. The first-order valence-electron chi connectivity index (χ1n) is 11.5. The van der Waals surface area contributed by atoms with E-state index in [9.17, 15) is 9.90 Å². The zero-order valence-corrected chi connectivity index (χ0v) is 21.6. The highest BCUT2D eigenvalue weighted by molar-refractivity contribution is 6.76. The maximum Gasteiger partial charge on any atom is 0.276 e. The molecule has 0 aromatic heterocycles. The predicted molar refractivity (Wildman–Crippen MR) is 136 cm³/mol. The van der Waals surface area contributed by atoms with Crippen LogP contribution in [-0.2, 0) is 25.6 Å². The number of rotatable bonds is 6. The Morgan fingerprint density at radius 3 is 2.26 bits per heavy atom. The molecule has 2 aromatic rings. The Balaban J connectivity index is 1.54. The van der Waals surface area contributed by atoms with Crippen LogP contribution in [0.5, 0.6) is 0 Å². The van der Waals surface area contributed by atoms with Gasteiger partial charge in [-0.1, -0.05) is 78.1 Å². The fourth-order valence-electron chi connectivity index (χ4n) is 4.29. The lowest BCUT2D eigenvalue weighted by Crippen LogP contribution is -2.47. The summed E-state index contributed by atoms with van der Waals surface area (Å²) < 4.78 is 16.4. The number of halogens is 3. The van der Waals surface area contributed by atoms with Gasteiger partial charge in [-0.05, 0) is 23.3 Å². The zero-order chi connectivity index (χ0) is 25.0. The Bertz CT molecular complexity index is 978. The molecule has 4 unspecified atom stereocenters. The summed E-state index contributed by atoms with van der Waals surface area (Å²) in [5.74, 6) is -0.636. The standard InChI is InChI=1S/C25H29Cl3N2O5/c1-16-21(14-30-10-12-33-13-11-30)34-23(35-22(16)18-4-2-17(15-31)3-5-18)19-6-8-20(9-7-19)29-24(32)25(26,27)28/h2-9,16,21-23,31H,10-15H2,1H3,(H,29,32). The van der Waals surface area contributed by atoms with Crippen LogP contribution in [0.25, 0.3) is 0 Å². The van der Waals surface area contributed by atoms with Gasteiger partial charge in [0.15, 0.2) is 6.29 Å². The molecule has 2 aliphatic rings. The minimum Gasteiger partial charge on any atom is -0.392 e. The van der Waals surface area contributed by atoms with Gasteiger partial charge in [0, 0.05) is 36.8 Å². The fraction of sp³-hybridized carbons (Fsp3) is 0.480. The average Bonchev–Trinajstić information content (AvgIpc) is 2.86. The monoisotopic (exact) mass is 542 g/mol. The number of nitrogens with zero attached hydrogens (tertiary/aromatic N) is 1. The summed E-state index contributed by atoms with van der Waals surface area (Å²) in [4.78, 5) is 14.3. The van der Waals surface area contributed by atoms with E-state index in [1.165, 1.54) is 0 Å². The van der Waals surface area contributed by atoms with Crippen molar-refractivity contribution in [2.75, 3.05) is 38.2 Å². The quantitative estimate of drug-likeness (QED) is 0.518. The summed E-state index contributed by atoms with van der Waals surface area (Å²) >= 11 is 16.9. The van der Waals surface area contributed by atoms with Crippen LogP contribution < -0.4 is 5.32 Å². The van der Waals surface area contributed by atoms with Crippen LogP contribution in [0.1, 0.15) is 36.0 Å².